The summed E-state index contributed by atoms with van der Waals surface area (Å²) in [7, 11) is 0. The number of nitrogens with zero attached hydrogens (tertiary/aromatic N) is 1. The topological polar surface area (TPSA) is 109 Å². The van der Waals surface area contributed by atoms with Gasteiger partial charge in [0.2, 0.25) is 0 Å². The van der Waals surface area contributed by atoms with E-state index in [-0.39, 0.29) is 12.5 Å². The minimum atomic E-state index is -0.825. The van der Waals surface area contributed by atoms with Gasteiger partial charge in [-0.3, -0.25) is 14.4 Å². The first-order valence-electron chi connectivity index (χ1n) is 9.19. The zero-order valence-corrected chi connectivity index (χ0v) is 16.4. The van der Waals surface area contributed by atoms with Crippen molar-refractivity contribution in [2.45, 2.75) is 20.3 Å². The summed E-state index contributed by atoms with van der Waals surface area (Å²) in [6.07, 6.45) is 2.14. The number of benzene rings is 2. The Morgan fingerprint density at radius 3 is 2.45 bits per heavy atom. The number of carbonyl (C=O) groups is 3. The monoisotopic (exact) mass is 396 g/mol. The molecule has 0 radical (unpaired) electrons. The molecule has 0 bridgehead atoms. The second kappa shape index (κ2) is 11.2. The first kappa shape index (κ1) is 21.6. The van der Waals surface area contributed by atoms with E-state index in [0.29, 0.717) is 17.9 Å². The number of para-hydroxylation sites is 1. The summed E-state index contributed by atoms with van der Waals surface area (Å²) in [5.74, 6) is -1.29. The molecule has 3 amide bonds. The van der Waals surface area contributed by atoms with E-state index in [9.17, 15) is 14.4 Å². The quantitative estimate of drug-likeness (QED) is 0.360. The summed E-state index contributed by atoms with van der Waals surface area (Å²) < 4.78 is 5.47. The molecule has 0 aliphatic heterocycles. The molecular weight excluding hydrogens is 372 g/mol. The Bertz CT molecular complexity index is 879. The van der Waals surface area contributed by atoms with Crippen LogP contribution in [0, 0.1) is 6.92 Å². The van der Waals surface area contributed by atoms with Gasteiger partial charge in [0.25, 0.3) is 5.91 Å². The smallest absolute Gasteiger partial charge is 0.329 e. The van der Waals surface area contributed by atoms with Gasteiger partial charge in [0.05, 0.1) is 6.21 Å². The second-order valence-corrected chi connectivity index (χ2v) is 6.18. The third-order valence-corrected chi connectivity index (χ3v) is 3.79. The minimum absolute atomic E-state index is 0.120. The molecule has 8 heteroatoms. The molecule has 2 rings (SSSR count). The molecule has 29 heavy (non-hydrogen) atoms. The van der Waals surface area contributed by atoms with Crippen LogP contribution >= 0.6 is 0 Å². The molecule has 0 saturated carbocycles. The summed E-state index contributed by atoms with van der Waals surface area (Å²) in [5, 5.41) is 8.99. The number of amides is 3. The minimum Gasteiger partial charge on any atom is -0.484 e. The van der Waals surface area contributed by atoms with Crippen LogP contribution in [0.4, 0.5) is 5.69 Å². The summed E-state index contributed by atoms with van der Waals surface area (Å²) in [6.45, 7) is 4.11. The number of anilines is 1. The maximum atomic E-state index is 12.0. The lowest BCUT2D eigenvalue weighted by molar-refractivity contribution is -0.139. The predicted octanol–water partition coefficient (Wildman–Crippen LogP) is 1.99. The van der Waals surface area contributed by atoms with Crippen LogP contribution in [0.25, 0.3) is 0 Å². The van der Waals surface area contributed by atoms with Gasteiger partial charge in [-0.2, -0.15) is 5.10 Å². The van der Waals surface area contributed by atoms with Gasteiger partial charge in [-0.15, -0.1) is 0 Å². The highest BCUT2D eigenvalue weighted by molar-refractivity contribution is 6.35. The van der Waals surface area contributed by atoms with Gasteiger partial charge in [0.15, 0.2) is 6.61 Å². The van der Waals surface area contributed by atoms with Crippen molar-refractivity contribution in [1.29, 1.82) is 0 Å². The van der Waals surface area contributed by atoms with Crippen LogP contribution in [0.3, 0.4) is 0 Å². The van der Waals surface area contributed by atoms with Crippen LogP contribution in [0.2, 0.25) is 0 Å². The molecule has 0 saturated heterocycles. The molecule has 0 heterocycles. The molecule has 0 atom stereocenters. The fourth-order valence-corrected chi connectivity index (χ4v) is 2.23. The van der Waals surface area contributed by atoms with E-state index in [1.54, 1.807) is 24.3 Å². The van der Waals surface area contributed by atoms with Gasteiger partial charge < -0.3 is 15.4 Å². The molecule has 0 fully saturated rings. The van der Waals surface area contributed by atoms with E-state index in [4.69, 9.17) is 4.74 Å². The van der Waals surface area contributed by atoms with Crippen molar-refractivity contribution in [2.75, 3.05) is 18.5 Å². The Hall–Kier alpha value is -3.68. The van der Waals surface area contributed by atoms with Gasteiger partial charge >= 0.3 is 11.8 Å². The normalized spacial score (nSPS) is 10.4. The average Bonchev–Trinajstić information content (AvgIpc) is 2.73. The fourth-order valence-electron chi connectivity index (χ4n) is 2.23. The zero-order chi connectivity index (χ0) is 21.1. The highest BCUT2D eigenvalue weighted by Gasteiger charge is 2.10. The summed E-state index contributed by atoms with van der Waals surface area (Å²) in [4.78, 5) is 34.9. The molecule has 3 N–H and O–H groups in total. The second-order valence-electron chi connectivity index (χ2n) is 6.18. The highest BCUT2D eigenvalue weighted by Crippen LogP contribution is 2.14. The molecule has 2 aromatic carbocycles. The van der Waals surface area contributed by atoms with Gasteiger partial charge in [0, 0.05) is 12.2 Å². The first-order valence-corrected chi connectivity index (χ1v) is 9.19. The van der Waals surface area contributed by atoms with Gasteiger partial charge in [0.1, 0.15) is 5.75 Å². The lowest BCUT2D eigenvalue weighted by Gasteiger charge is -2.09. The summed E-state index contributed by atoms with van der Waals surface area (Å²) in [5.41, 5.74) is 4.57. The molecule has 0 aliphatic carbocycles. The Balaban J connectivity index is 1.78. The van der Waals surface area contributed by atoms with Crippen molar-refractivity contribution < 1.29 is 19.1 Å². The number of rotatable bonds is 8. The number of ether oxygens (including phenoxy) is 1. The van der Waals surface area contributed by atoms with Crippen LogP contribution in [-0.4, -0.2) is 37.1 Å². The van der Waals surface area contributed by atoms with Crippen LogP contribution in [0.5, 0.6) is 5.75 Å². The van der Waals surface area contributed by atoms with E-state index < -0.39 is 11.8 Å². The van der Waals surface area contributed by atoms with Crippen LogP contribution < -0.4 is 20.8 Å². The highest BCUT2D eigenvalue weighted by atomic mass is 16.5. The summed E-state index contributed by atoms with van der Waals surface area (Å²) in [6, 6.07) is 14.3. The lowest BCUT2D eigenvalue weighted by atomic mass is 10.2. The Kier molecular flexibility index (Phi) is 8.37. The molecule has 0 aromatic heterocycles. The van der Waals surface area contributed by atoms with Crippen LogP contribution in [-0.2, 0) is 14.4 Å². The fraction of sp³-hybridized carbons (Fsp3) is 0.238. The van der Waals surface area contributed by atoms with Gasteiger partial charge in [-0.25, -0.2) is 5.43 Å². The number of aryl methyl sites for hydroxylation is 1. The van der Waals surface area contributed by atoms with E-state index in [1.807, 2.05) is 38.1 Å². The molecule has 8 nitrogen and oxygen atoms in total. The number of carbonyl (C=O) groups excluding carboxylic acids is 3. The number of nitrogens with one attached hydrogen (secondary N) is 3. The third kappa shape index (κ3) is 7.45. The van der Waals surface area contributed by atoms with Crippen molar-refractivity contribution in [3.63, 3.8) is 0 Å². The Morgan fingerprint density at radius 2 is 1.76 bits per heavy atom. The van der Waals surface area contributed by atoms with Crippen LogP contribution in [0.1, 0.15) is 24.5 Å². The van der Waals surface area contributed by atoms with E-state index in [1.165, 1.54) is 6.21 Å². The Morgan fingerprint density at radius 1 is 1.03 bits per heavy atom. The summed E-state index contributed by atoms with van der Waals surface area (Å²) >= 11 is 0. The zero-order valence-electron chi connectivity index (χ0n) is 16.4. The molecule has 0 unspecified atom stereocenters. The Labute approximate surface area is 169 Å². The maximum absolute atomic E-state index is 12.0. The lowest BCUT2D eigenvalue weighted by Crippen LogP contribution is -2.38. The number of hydrogen-bond donors (Lipinski definition) is 3. The van der Waals surface area contributed by atoms with Crippen molar-refractivity contribution >= 4 is 29.6 Å². The van der Waals surface area contributed by atoms with Crippen molar-refractivity contribution in [2.24, 2.45) is 5.10 Å². The molecule has 152 valence electrons. The SMILES string of the molecule is CCCNC(=O)C(=O)N/N=C\c1ccc(OCC(=O)Nc2ccccc2C)cc1. The standard InChI is InChI=1S/C21H24N4O4/c1-3-12-22-20(27)21(28)25-23-13-16-8-10-17(11-9-16)29-14-19(26)24-18-7-5-4-6-15(18)2/h4-11,13H,3,12,14H2,1-2H3,(H,22,27)(H,24,26)(H,25,28)/b23-13-. The maximum Gasteiger partial charge on any atom is 0.329 e. The van der Waals surface area contributed by atoms with E-state index >= 15 is 0 Å². The predicted molar refractivity (Wildman–Crippen MR) is 111 cm³/mol. The van der Waals surface area contributed by atoms with Gasteiger partial charge in [-0.1, -0.05) is 25.1 Å². The molecular formula is C21H24N4O4. The number of hydrogen-bond acceptors (Lipinski definition) is 5. The van der Waals surface area contributed by atoms with Crippen molar-refractivity contribution in [3.8, 4) is 5.75 Å². The average molecular weight is 396 g/mol. The van der Waals surface area contributed by atoms with Crippen LogP contribution in [0.15, 0.2) is 53.6 Å². The molecule has 2 aromatic rings. The molecule has 0 spiro atoms. The largest absolute Gasteiger partial charge is 0.484 e. The first-order chi connectivity index (χ1) is 14.0. The van der Waals surface area contributed by atoms with Crippen molar-refractivity contribution in [1.82, 2.24) is 10.7 Å². The van der Waals surface area contributed by atoms with E-state index in [2.05, 4.69) is 21.2 Å². The van der Waals surface area contributed by atoms with E-state index in [0.717, 1.165) is 17.7 Å². The number of hydrazone groups is 1. The third-order valence-electron chi connectivity index (χ3n) is 3.79. The van der Waals surface area contributed by atoms with Gasteiger partial charge in [-0.05, 0) is 54.8 Å². The molecule has 0 aliphatic rings. The van der Waals surface area contributed by atoms with Crippen molar-refractivity contribution in [3.05, 3.63) is 59.7 Å².